The third-order valence-electron chi connectivity index (χ3n) is 13.1. The summed E-state index contributed by atoms with van der Waals surface area (Å²) in [5.41, 5.74) is 0. The SMILES string of the molecule is CCCCCCCCCCCCCC/C=C\CCCCCCCCCCCCC(O)C(=O)NC(CO)C(O)C(O)CCC/C=C/CC/C=C/CCCCCCCCCCCCCC. The summed E-state index contributed by atoms with van der Waals surface area (Å²) in [6.07, 6.45) is 63.5. The van der Waals surface area contributed by atoms with Crippen molar-refractivity contribution in [3.8, 4) is 0 Å². The minimum atomic E-state index is -1.29. The van der Waals surface area contributed by atoms with E-state index in [1.165, 1.54) is 218 Å². The molecule has 0 aromatic carbocycles. The summed E-state index contributed by atoms with van der Waals surface area (Å²) in [7, 11) is 0. The van der Waals surface area contributed by atoms with E-state index in [9.17, 15) is 25.2 Å². The van der Waals surface area contributed by atoms with Crippen LogP contribution in [0.3, 0.4) is 0 Å². The van der Waals surface area contributed by atoms with Crippen molar-refractivity contribution >= 4 is 5.91 Å². The summed E-state index contributed by atoms with van der Waals surface area (Å²) in [4.78, 5) is 12.6. The fraction of sp³-hybridized carbons (Fsp3) is 0.877. The quantitative estimate of drug-likeness (QED) is 0.0309. The van der Waals surface area contributed by atoms with E-state index in [4.69, 9.17) is 0 Å². The van der Waals surface area contributed by atoms with Gasteiger partial charge in [-0.3, -0.25) is 4.79 Å². The van der Waals surface area contributed by atoms with Crippen LogP contribution in [0.15, 0.2) is 36.5 Å². The van der Waals surface area contributed by atoms with Crippen LogP contribution in [-0.2, 0) is 4.79 Å². The van der Waals surface area contributed by atoms with Crippen molar-refractivity contribution in [3.63, 3.8) is 0 Å². The van der Waals surface area contributed by atoms with E-state index in [-0.39, 0.29) is 0 Å². The van der Waals surface area contributed by atoms with E-state index in [2.05, 4.69) is 55.6 Å². The number of carbonyl (C=O) groups is 1. The highest BCUT2D eigenvalue weighted by molar-refractivity contribution is 5.80. The number of nitrogens with one attached hydrogen (secondary N) is 1. The van der Waals surface area contributed by atoms with Crippen molar-refractivity contribution in [2.45, 2.75) is 314 Å². The summed E-state index contributed by atoms with van der Waals surface area (Å²) in [6.45, 7) is 4.07. The number of amides is 1. The Kier molecular flexibility index (Phi) is 50.3. The molecule has 0 aromatic heterocycles. The molecule has 0 heterocycles. The highest BCUT2D eigenvalue weighted by Crippen LogP contribution is 2.17. The van der Waals surface area contributed by atoms with Gasteiger partial charge in [-0.1, -0.05) is 249 Å². The Bertz CT molecular complexity index is 997. The molecule has 0 saturated heterocycles. The van der Waals surface area contributed by atoms with Gasteiger partial charge in [0.05, 0.1) is 18.8 Å². The van der Waals surface area contributed by atoms with Crippen LogP contribution in [0.1, 0.15) is 290 Å². The fourth-order valence-corrected chi connectivity index (χ4v) is 8.65. The van der Waals surface area contributed by atoms with Gasteiger partial charge in [-0.2, -0.15) is 0 Å². The Labute approximate surface area is 392 Å². The van der Waals surface area contributed by atoms with Crippen molar-refractivity contribution in [1.82, 2.24) is 5.32 Å². The second-order valence-corrected chi connectivity index (χ2v) is 19.3. The molecule has 1 amide bonds. The number of aliphatic hydroxyl groups is 4. The topological polar surface area (TPSA) is 110 Å². The van der Waals surface area contributed by atoms with Gasteiger partial charge in [-0.05, 0) is 77.0 Å². The lowest BCUT2D eigenvalue weighted by molar-refractivity contribution is -0.132. The summed E-state index contributed by atoms with van der Waals surface area (Å²) in [5.74, 6) is -0.596. The lowest BCUT2D eigenvalue weighted by Crippen LogP contribution is -2.53. The maximum Gasteiger partial charge on any atom is 0.249 e. The maximum absolute atomic E-state index is 12.6. The van der Waals surface area contributed by atoms with E-state index < -0.39 is 36.9 Å². The van der Waals surface area contributed by atoms with E-state index in [0.29, 0.717) is 19.3 Å². The Hall–Kier alpha value is -1.47. The minimum Gasteiger partial charge on any atom is -0.394 e. The number of unbranched alkanes of at least 4 members (excludes halogenated alkanes) is 36. The van der Waals surface area contributed by atoms with E-state index in [1.54, 1.807) is 0 Å². The van der Waals surface area contributed by atoms with Crippen LogP contribution in [0, 0.1) is 0 Å². The van der Waals surface area contributed by atoms with Gasteiger partial charge >= 0.3 is 0 Å². The number of hydrogen-bond donors (Lipinski definition) is 5. The zero-order valence-electron chi connectivity index (χ0n) is 42.1. The van der Waals surface area contributed by atoms with Gasteiger partial charge in [0.2, 0.25) is 5.91 Å². The molecule has 0 aliphatic rings. The average molecular weight is 889 g/mol. The second-order valence-electron chi connectivity index (χ2n) is 19.3. The van der Waals surface area contributed by atoms with Crippen molar-refractivity contribution in [3.05, 3.63) is 36.5 Å². The van der Waals surface area contributed by atoms with Crippen molar-refractivity contribution < 1.29 is 25.2 Å². The summed E-state index contributed by atoms with van der Waals surface area (Å²) >= 11 is 0. The summed E-state index contributed by atoms with van der Waals surface area (Å²) < 4.78 is 0. The van der Waals surface area contributed by atoms with Gasteiger partial charge < -0.3 is 25.7 Å². The van der Waals surface area contributed by atoms with E-state index >= 15 is 0 Å². The highest BCUT2D eigenvalue weighted by Gasteiger charge is 2.28. The molecular weight excluding hydrogens is 779 g/mol. The fourth-order valence-electron chi connectivity index (χ4n) is 8.65. The van der Waals surface area contributed by atoms with Crippen molar-refractivity contribution in [1.29, 1.82) is 0 Å². The first kappa shape index (κ1) is 61.5. The summed E-state index contributed by atoms with van der Waals surface area (Å²) in [6, 6.07) is -1.01. The van der Waals surface area contributed by atoms with Crippen LogP contribution in [0.2, 0.25) is 0 Å². The normalized spacial score (nSPS) is 14.1. The van der Waals surface area contributed by atoms with Gasteiger partial charge in [0.1, 0.15) is 12.2 Å². The lowest BCUT2D eigenvalue weighted by Gasteiger charge is -2.27. The van der Waals surface area contributed by atoms with Gasteiger partial charge in [0, 0.05) is 0 Å². The third kappa shape index (κ3) is 45.5. The highest BCUT2D eigenvalue weighted by atomic mass is 16.3. The second kappa shape index (κ2) is 51.5. The molecule has 0 aliphatic heterocycles. The Morgan fingerprint density at radius 2 is 0.667 bits per heavy atom. The average Bonchev–Trinajstić information content (AvgIpc) is 3.29. The Morgan fingerprint density at radius 3 is 1.00 bits per heavy atom. The standard InChI is InChI=1S/C57H109NO5/c1-3-5-7-9-11-13-15-17-19-21-23-25-26-27-28-29-31-33-35-37-39-41-43-45-47-49-51-55(61)57(63)58-53(52-59)56(62)54(60)50-48-46-44-42-40-38-36-34-32-30-24-22-20-18-16-14-12-10-8-6-4-2/h27-28,34,36,42,44,53-56,59-62H,3-26,29-33,35,37-41,43,45-52H2,1-2H3,(H,58,63)/b28-27-,36-34+,44-42+. The molecule has 4 atom stereocenters. The molecule has 63 heavy (non-hydrogen) atoms. The molecule has 0 fully saturated rings. The monoisotopic (exact) mass is 888 g/mol. The van der Waals surface area contributed by atoms with Gasteiger partial charge in [-0.25, -0.2) is 0 Å². The van der Waals surface area contributed by atoms with Gasteiger partial charge in [0.15, 0.2) is 0 Å². The van der Waals surface area contributed by atoms with E-state index in [1.807, 2.05) is 0 Å². The zero-order valence-corrected chi connectivity index (χ0v) is 42.1. The van der Waals surface area contributed by atoms with Crippen LogP contribution >= 0.6 is 0 Å². The van der Waals surface area contributed by atoms with Crippen LogP contribution < -0.4 is 5.32 Å². The number of rotatable bonds is 51. The smallest absolute Gasteiger partial charge is 0.249 e. The Balaban J connectivity index is 3.69. The van der Waals surface area contributed by atoms with Crippen LogP contribution in [0.25, 0.3) is 0 Å². The summed E-state index contributed by atoms with van der Waals surface area (Å²) in [5, 5.41) is 43.9. The zero-order chi connectivity index (χ0) is 45.9. The maximum atomic E-state index is 12.6. The molecule has 4 unspecified atom stereocenters. The third-order valence-corrected chi connectivity index (χ3v) is 13.1. The molecule has 5 N–H and O–H groups in total. The van der Waals surface area contributed by atoms with Gasteiger partial charge in [0.25, 0.3) is 0 Å². The van der Waals surface area contributed by atoms with E-state index in [0.717, 1.165) is 38.5 Å². The molecule has 0 saturated carbocycles. The first-order valence-electron chi connectivity index (χ1n) is 27.9. The predicted octanol–water partition coefficient (Wildman–Crippen LogP) is 16.0. The predicted molar refractivity (Wildman–Crippen MR) is 274 cm³/mol. The molecule has 0 spiro atoms. The number of carbonyl (C=O) groups excluding carboxylic acids is 1. The molecule has 0 aliphatic carbocycles. The van der Waals surface area contributed by atoms with Crippen LogP contribution in [0.4, 0.5) is 0 Å². The molecule has 0 rings (SSSR count). The molecule has 6 nitrogen and oxygen atoms in total. The van der Waals surface area contributed by atoms with Crippen molar-refractivity contribution in [2.24, 2.45) is 0 Å². The first-order valence-corrected chi connectivity index (χ1v) is 27.9. The molecular formula is C57H109NO5. The first-order chi connectivity index (χ1) is 31.0. The lowest BCUT2D eigenvalue weighted by atomic mass is 10.00. The van der Waals surface area contributed by atoms with Crippen LogP contribution in [0.5, 0.6) is 0 Å². The number of allylic oxidation sites excluding steroid dienone is 6. The molecule has 0 aromatic rings. The molecule has 6 heteroatoms. The number of aliphatic hydroxyl groups excluding tert-OH is 4. The largest absolute Gasteiger partial charge is 0.394 e. The van der Waals surface area contributed by atoms with Gasteiger partial charge in [-0.15, -0.1) is 0 Å². The molecule has 372 valence electrons. The molecule has 0 bridgehead atoms. The van der Waals surface area contributed by atoms with Crippen molar-refractivity contribution in [2.75, 3.05) is 6.61 Å². The van der Waals surface area contributed by atoms with Crippen LogP contribution in [-0.4, -0.2) is 57.3 Å². The molecule has 0 radical (unpaired) electrons. The number of hydrogen-bond acceptors (Lipinski definition) is 5. The Morgan fingerprint density at radius 1 is 0.381 bits per heavy atom. The minimum absolute atomic E-state index is 0.359.